The summed E-state index contributed by atoms with van der Waals surface area (Å²) in [6.07, 6.45) is 12.0. The molecule has 0 aliphatic heterocycles. The normalized spacial score (nSPS) is 19.3. The number of imidazole rings is 1. The van der Waals surface area contributed by atoms with Crippen LogP contribution in [0, 0.1) is 5.92 Å². The fourth-order valence-corrected chi connectivity index (χ4v) is 3.20. The molecule has 1 aromatic rings. The van der Waals surface area contributed by atoms with Crippen LogP contribution in [0.3, 0.4) is 0 Å². The lowest BCUT2D eigenvalue weighted by Gasteiger charge is -2.27. The Morgan fingerprint density at radius 3 is 2.67 bits per heavy atom. The maximum absolute atomic E-state index is 5.96. The summed E-state index contributed by atoms with van der Waals surface area (Å²) in [5, 5.41) is 0. The minimum absolute atomic E-state index is 0.421. The molecule has 1 fully saturated rings. The molecule has 1 aliphatic carbocycles. The van der Waals surface area contributed by atoms with E-state index in [1.54, 1.807) is 0 Å². The van der Waals surface area contributed by atoms with Crippen LogP contribution >= 0.6 is 0 Å². The summed E-state index contributed by atoms with van der Waals surface area (Å²) in [5.41, 5.74) is 7.38. The Kier molecular flexibility index (Phi) is 4.81. The van der Waals surface area contributed by atoms with Gasteiger partial charge < -0.3 is 10.3 Å². The summed E-state index contributed by atoms with van der Waals surface area (Å²) >= 11 is 0. The van der Waals surface area contributed by atoms with Crippen LogP contribution in [0.4, 0.5) is 0 Å². The minimum atomic E-state index is 0.421. The first kappa shape index (κ1) is 13.6. The number of hydrogen-bond acceptors (Lipinski definition) is 2. The third-order valence-electron chi connectivity index (χ3n) is 4.13. The van der Waals surface area contributed by atoms with Crippen LogP contribution in [0.1, 0.15) is 70.0 Å². The van der Waals surface area contributed by atoms with Gasteiger partial charge in [0.15, 0.2) is 0 Å². The number of nitrogens with zero attached hydrogens (tertiary/aromatic N) is 2. The summed E-state index contributed by atoms with van der Waals surface area (Å²) < 4.78 is 2.36. The van der Waals surface area contributed by atoms with Crippen LogP contribution in [-0.2, 0) is 0 Å². The smallest absolute Gasteiger partial charge is 0.0951 e. The van der Waals surface area contributed by atoms with Gasteiger partial charge in [0, 0.05) is 30.4 Å². The summed E-state index contributed by atoms with van der Waals surface area (Å²) in [6, 6.07) is 0.421. The molecule has 0 spiro atoms. The Balaban J connectivity index is 2.14. The summed E-state index contributed by atoms with van der Waals surface area (Å²) in [7, 11) is 0. The molecule has 0 radical (unpaired) electrons. The molecular formula is C15H27N3. The summed E-state index contributed by atoms with van der Waals surface area (Å²) in [4.78, 5) is 4.38. The second-order valence-corrected chi connectivity index (χ2v) is 6.08. The van der Waals surface area contributed by atoms with Gasteiger partial charge in [-0.25, -0.2) is 4.98 Å². The highest BCUT2D eigenvalue weighted by molar-refractivity contribution is 5.09. The average Bonchev–Trinajstić information content (AvgIpc) is 2.86. The summed E-state index contributed by atoms with van der Waals surface area (Å²) in [6.45, 7) is 5.24. The van der Waals surface area contributed by atoms with E-state index in [1.165, 1.54) is 37.8 Å². The van der Waals surface area contributed by atoms with E-state index in [0.717, 1.165) is 6.42 Å². The molecule has 1 heterocycles. The van der Waals surface area contributed by atoms with E-state index in [1.807, 2.05) is 6.33 Å². The lowest BCUT2D eigenvalue weighted by Crippen LogP contribution is -2.23. The molecule has 0 aromatic carbocycles. The van der Waals surface area contributed by atoms with Crippen molar-refractivity contribution in [3.63, 3.8) is 0 Å². The zero-order valence-electron chi connectivity index (χ0n) is 11.8. The third-order valence-corrected chi connectivity index (χ3v) is 4.13. The largest absolute Gasteiger partial charge is 0.330 e. The van der Waals surface area contributed by atoms with Gasteiger partial charge in [0.1, 0.15) is 0 Å². The molecule has 1 unspecified atom stereocenters. The average molecular weight is 249 g/mol. The van der Waals surface area contributed by atoms with Crippen molar-refractivity contribution in [1.82, 2.24) is 9.55 Å². The zero-order chi connectivity index (χ0) is 13.0. The van der Waals surface area contributed by atoms with Crippen LogP contribution in [-0.4, -0.2) is 16.1 Å². The first-order valence-corrected chi connectivity index (χ1v) is 7.44. The highest BCUT2D eigenvalue weighted by Crippen LogP contribution is 2.34. The predicted molar refractivity (Wildman–Crippen MR) is 75.6 cm³/mol. The van der Waals surface area contributed by atoms with Gasteiger partial charge >= 0.3 is 0 Å². The number of rotatable bonds is 5. The molecule has 2 rings (SSSR count). The molecule has 1 aromatic heterocycles. The number of hydrogen-bond donors (Lipinski definition) is 1. The van der Waals surface area contributed by atoms with Gasteiger partial charge in [-0.1, -0.05) is 33.1 Å². The topological polar surface area (TPSA) is 43.8 Å². The molecular weight excluding hydrogens is 222 g/mol. The van der Waals surface area contributed by atoms with Crippen LogP contribution in [0.25, 0.3) is 0 Å². The van der Waals surface area contributed by atoms with Crippen molar-refractivity contribution in [2.24, 2.45) is 11.7 Å². The van der Waals surface area contributed by atoms with E-state index in [2.05, 4.69) is 29.6 Å². The fraction of sp³-hybridized carbons (Fsp3) is 0.800. The molecule has 102 valence electrons. The minimum Gasteiger partial charge on any atom is -0.330 e. The Morgan fingerprint density at radius 2 is 2.06 bits per heavy atom. The fourth-order valence-electron chi connectivity index (χ4n) is 3.20. The van der Waals surface area contributed by atoms with E-state index in [-0.39, 0.29) is 0 Å². The second-order valence-electron chi connectivity index (χ2n) is 6.08. The molecule has 1 saturated carbocycles. The maximum atomic E-state index is 5.96. The first-order chi connectivity index (χ1) is 8.72. The van der Waals surface area contributed by atoms with E-state index >= 15 is 0 Å². The predicted octanol–water partition coefficient (Wildman–Crippen LogP) is 3.48. The second kappa shape index (κ2) is 6.37. The standard InChI is InChI=1S/C15H27N3/c1-12(2)8-14(9-16)18-11-17-10-15(18)13-6-4-3-5-7-13/h10-14H,3-9,16H2,1-2H3. The van der Waals surface area contributed by atoms with Crippen LogP contribution in [0.15, 0.2) is 12.5 Å². The lowest BCUT2D eigenvalue weighted by atomic mass is 9.87. The van der Waals surface area contributed by atoms with Gasteiger partial charge in [-0.15, -0.1) is 0 Å². The van der Waals surface area contributed by atoms with Gasteiger partial charge in [-0.2, -0.15) is 0 Å². The SMILES string of the molecule is CC(C)CC(CN)n1cncc1C1CCCCC1. The molecule has 18 heavy (non-hydrogen) atoms. The van der Waals surface area contributed by atoms with Crippen molar-refractivity contribution < 1.29 is 0 Å². The summed E-state index contributed by atoms with van der Waals surface area (Å²) in [5.74, 6) is 1.39. The molecule has 0 amide bonds. The Bertz CT molecular complexity index is 350. The zero-order valence-corrected chi connectivity index (χ0v) is 11.8. The van der Waals surface area contributed by atoms with Crippen LogP contribution < -0.4 is 5.73 Å². The number of aromatic nitrogens is 2. The Labute approximate surface area is 111 Å². The van der Waals surface area contributed by atoms with E-state index in [0.29, 0.717) is 24.4 Å². The molecule has 3 heteroatoms. The van der Waals surface area contributed by atoms with Gasteiger partial charge in [-0.05, 0) is 25.2 Å². The molecule has 1 aliphatic rings. The molecule has 0 bridgehead atoms. The van der Waals surface area contributed by atoms with Gasteiger partial charge in [0.25, 0.3) is 0 Å². The van der Waals surface area contributed by atoms with Gasteiger partial charge in [-0.3, -0.25) is 0 Å². The van der Waals surface area contributed by atoms with E-state index in [9.17, 15) is 0 Å². The first-order valence-electron chi connectivity index (χ1n) is 7.44. The molecule has 1 atom stereocenters. The lowest BCUT2D eigenvalue weighted by molar-refractivity contribution is 0.369. The van der Waals surface area contributed by atoms with Crippen molar-refractivity contribution in [3.8, 4) is 0 Å². The van der Waals surface area contributed by atoms with Crippen molar-refractivity contribution in [3.05, 3.63) is 18.2 Å². The monoisotopic (exact) mass is 249 g/mol. The van der Waals surface area contributed by atoms with Gasteiger partial charge in [0.05, 0.1) is 6.33 Å². The molecule has 0 saturated heterocycles. The third kappa shape index (κ3) is 3.14. The highest BCUT2D eigenvalue weighted by atomic mass is 15.1. The van der Waals surface area contributed by atoms with Crippen molar-refractivity contribution >= 4 is 0 Å². The highest BCUT2D eigenvalue weighted by Gasteiger charge is 2.22. The van der Waals surface area contributed by atoms with Crippen LogP contribution in [0.2, 0.25) is 0 Å². The van der Waals surface area contributed by atoms with Crippen molar-refractivity contribution in [2.75, 3.05) is 6.54 Å². The van der Waals surface area contributed by atoms with Crippen molar-refractivity contribution in [2.45, 2.75) is 64.3 Å². The van der Waals surface area contributed by atoms with Gasteiger partial charge in [0.2, 0.25) is 0 Å². The maximum Gasteiger partial charge on any atom is 0.0951 e. The quantitative estimate of drug-likeness (QED) is 0.868. The van der Waals surface area contributed by atoms with E-state index in [4.69, 9.17) is 5.73 Å². The van der Waals surface area contributed by atoms with Crippen LogP contribution in [0.5, 0.6) is 0 Å². The van der Waals surface area contributed by atoms with E-state index < -0.39 is 0 Å². The van der Waals surface area contributed by atoms with Crippen molar-refractivity contribution in [1.29, 1.82) is 0 Å². The number of nitrogens with two attached hydrogens (primary N) is 1. The molecule has 3 nitrogen and oxygen atoms in total. The Hall–Kier alpha value is -0.830. The molecule has 2 N–H and O–H groups in total. The Morgan fingerprint density at radius 1 is 1.33 bits per heavy atom.